The molecule has 3 aromatic rings. The Morgan fingerprint density at radius 2 is 1.93 bits per heavy atom. The Morgan fingerprint density at radius 1 is 1.21 bits per heavy atom. The van der Waals surface area contributed by atoms with Gasteiger partial charge in [-0.15, -0.1) is 0 Å². The number of rotatable bonds is 7. The number of nitrogens with one attached hydrogen (secondary N) is 1. The quantitative estimate of drug-likeness (QED) is 0.466. The molecule has 0 fully saturated rings. The van der Waals surface area contributed by atoms with Gasteiger partial charge in [-0.1, -0.05) is 17.8 Å². The number of hydrogen-bond donors (Lipinski definition) is 1. The number of thioether (sulfide) groups is 1. The molecule has 0 amide bonds. The maximum atomic E-state index is 13.5. The Morgan fingerprint density at radius 3 is 2.57 bits per heavy atom. The van der Waals surface area contributed by atoms with E-state index in [1.807, 2.05) is 0 Å². The number of benzene rings is 2. The van der Waals surface area contributed by atoms with Crippen LogP contribution in [0.2, 0.25) is 0 Å². The molecule has 0 spiro atoms. The minimum atomic E-state index is -3.37. The SMILES string of the molecule is CC(Sc1nccn1-c1cccc(F)c1)C(=O)c1ccc(NS(C)(=O)=O)cc1. The summed E-state index contributed by atoms with van der Waals surface area (Å²) in [5.41, 5.74) is 1.47. The van der Waals surface area contributed by atoms with E-state index in [1.54, 1.807) is 60.3 Å². The third kappa shape index (κ3) is 4.99. The van der Waals surface area contributed by atoms with Gasteiger partial charge in [0.05, 0.1) is 17.2 Å². The highest BCUT2D eigenvalue weighted by atomic mass is 32.2. The second kappa shape index (κ2) is 8.15. The van der Waals surface area contributed by atoms with Crippen molar-refractivity contribution in [2.45, 2.75) is 17.3 Å². The number of aromatic nitrogens is 2. The van der Waals surface area contributed by atoms with Crippen LogP contribution in [0.5, 0.6) is 0 Å². The minimum Gasteiger partial charge on any atom is -0.295 e. The molecule has 1 atom stereocenters. The monoisotopic (exact) mass is 419 g/mol. The van der Waals surface area contributed by atoms with E-state index in [2.05, 4.69) is 9.71 Å². The predicted molar refractivity (Wildman–Crippen MR) is 108 cm³/mol. The molecule has 0 radical (unpaired) electrons. The predicted octanol–water partition coefficient (Wildman–Crippen LogP) is 3.75. The van der Waals surface area contributed by atoms with E-state index in [4.69, 9.17) is 0 Å². The summed E-state index contributed by atoms with van der Waals surface area (Å²) in [5, 5.41) is 0.130. The number of halogens is 1. The van der Waals surface area contributed by atoms with Gasteiger partial charge in [-0.25, -0.2) is 17.8 Å². The molecule has 1 N–H and O–H groups in total. The van der Waals surface area contributed by atoms with Crippen LogP contribution in [0.3, 0.4) is 0 Å². The molecule has 2 aromatic carbocycles. The lowest BCUT2D eigenvalue weighted by Crippen LogP contribution is -2.15. The van der Waals surface area contributed by atoms with E-state index in [-0.39, 0.29) is 11.6 Å². The van der Waals surface area contributed by atoms with Crippen molar-refractivity contribution in [3.05, 3.63) is 72.3 Å². The van der Waals surface area contributed by atoms with Gasteiger partial charge in [-0.2, -0.15) is 0 Å². The molecule has 146 valence electrons. The third-order valence-corrected chi connectivity index (χ3v) is 5.50. The van der Waals surface area contributed by atoms with Crippen LogP contribution in [0.1, 0.15) is 17.3 Å². The Labute approximate surface area is 166 Å². The first-order chi connectivity index (χ1) is 13.2. The van der Waals surface area contributed by atoms with E-state index >= 15 is 0 Å². The highest BCUT2D eigenvalue weighted by Gasteiger charge is 2.19. The van der Waals surface area contributed by atoms with E-state index in [0.717, 1.165) is 6.26 Å². The van der Waals surface area contributed by atoms with Gasteiger partial charge in [-0.3, -0.25) is 14.1 Å². The fourth-order valence-electron chi connectivity index (χ4n) is 2.56. The topological polar surface area (TPSA) is 81.1 Å². The van der Waals surface area contributed by atoms with Crippen LogP contribution in [0.25, 0.3) is 5.69 Å². The molecule has 0 aliphatic heterocycles. The summed E-state index contributed by atoms with van der Waals surface area (Å²) in [4.78, 5) is 17.0. The van der Waals surface area contributed by atoms with Crippen LogP contribution in [-0.4, -0.2) is 35.3 Å². The summed E-state index contributed by atoms with van der Waals surface area (Å²) >= 11 is 1.26. The Bertz CT molecular complexity index is 1100. The summed E-state index contributed by atoms with van der Waals surface area (Å²) in [6, 6.07) is 12.4. The molecule has 0 saturated carbocycles. The van der Waals surface area contributed by atoms with Gasteiger partial charge in [0, 0.05) is 23.6 Å². The second-order valence-electron chi connectivity index (χ2n) is 6.14. The molecular formula is C19H18FN3O3S2. The molecule has 28 heavy (non-hydrogen) atoms. The van der Waals surface area contributed by atoms with Crippen molar-refractivity contribution in [2.75, 3.05) is 11.0 Å². The zero-order valence-corrected chi connectivity index (χ0v) is 16.8. The molecule has 3 rings (SSSR count). The fourth-order valence-corrected chi connectivity index (χ4v) is 4.09. The lowest BCUT2D eigenvalue weighted by Gasteiger charge is -2.12. The molecule has 1 unspecified atom stereocenters. The fraction of sp³-hybridized carbons (Fsp3) is 0.158. The van der Waals surface area contributed by atoms with Gasteiger partial charge in [0.25, 0.3) is 0 Å². The molecule has 9 heteroatoms. The average Bonchev–Trinajstić information content (AvgIpc) is 3.08. The van der Waals surface area contributed by atoms with Crippen molar-refractivity contribution in [1.29, 1.82) is 0 Å². The first kappa shape index (κ1) is 20.1. The van der Waals surface area contributed by atoms with E-state index < -0.39 is 15.3 Å². The summed E-state index contributed by atoms with van der Waals surface area (Å²) in [5.74, 6) is -0.473. The first-order valence-corrected chi connectivity index (χ1v) is 11.1. The Hall–Kier alpha value is -2.65. The average molecular weight is 420 g/mol. The molecule has 1 heterocycles. The number of carbonyl (C=O) groups excluding carboxylic acids is 1. The van der Waals surface area contributed by atoms with Gasteiger partial charge >= 0.3 is 0 Å². The minimum absolute atomic E-state index is 0.121. The van der Waals surface area contributed by atoms with Crippen LogP contribution >= 0.6 is 11.8 Å². The van der Waals surface area contributed by atoms with Crippen LogP contribution in [0, 0.1) is 5.82 Å². The maximum Gasteiger partial charge on any atom is 0.229 e. The zero-order chi connectivity index (χ0) is 20.3. The van der Waals surface area contributed by atoms with Crippen LogP contribution in [0.4, 0.5) is 10.1 Å². The highest BCUT2D eigenvalue weighted by molar-refractivity contribution is 8.00. The smallest absolute Gasteiger partial charge is 0.229 e. The van der Waals surface area contributed by atoms with Gasteiger partial charge in [-0.05, 0) is 49.4 Å². The lowest BCUT2D eigenvalue weighted by atomic mass is 10.1. The zero-order valence-electron chi connectivity index (χ0n) is 15.2. The second-order valence-corrected chi connectivity index (χ2v) is 9.19. The number of anilines is 1. The lowest BCUT2D eigenvalue weighted by molar-refractivity contribution is 0.0994. The first-order valence-electron chi connectivity index (χ1n) is 8.31. The maximum absolute atomic E-state index is 13.5. The van der Waals surface area contributed by atoms with Gasteiger partial charge in [0.15, 0.2) is 10.9 Å². The summed E-state index contributed by atoms with van der Waals surface area (Å²) in [7, 11) is -3.37. The molecule has 0 aliphatic rings. The van der Waals surface area contributed by atoms with Crippen LogP contribution < -0.4 is 4.72 Å². The number of nitrogens with zero attached hydrogens (tertiary/aromatic N) is 2. The Kier molecular flexibility index (Phi) is 5.85. The number of imidazole rings is 1. The van der Waals surface area contributed by atoms with Crippen molar-refractivity contribution in [3.63, 3.8) is 0 Å². The van der Waals surface area contributed by atoms with Gasteiger partial charge in [0.2, 0.25) is 10.0 Å². The summed E-state index contributed by atoms with van der Waals surface area (Å²) in [6.45, 7) is 1.76. The number of ketones is 1. The number of hydrogen-bond acceptors (Lipinski definition) is 5. The molecule has 0 aliphatic carbocycles. The van der Waals surface area contributed by atoms with Crippen molar-refractivity contribution in [3.8, 4) is 5.69 Å². The van der Waals surface area contributed by atoms with E-state index in [9.17, 15) is 17.6 Å². The van der Waals surface area contributed by atoms with Crippen LogP contribution in [0.15, 0.2) is 66.1 Å². The van der Waals surface area contributed by atoms with Gasteiger partial charge < -0.3 is 0 Å². The molecule has 0 bridgehead atoms. The number of Topliss-reactive ketones (excluding diaryl/α,β-unsaturated/α-hetero) is 1. The molecule has 6 nitrogen and oxygen atoms in total. The van der Waals surface area contributed by atoms with E-state index in [0.29, 0.717) is 22.1 Å². The van der Waals surface area contributed by atoms with Crippen molar-refractivity contribution in [1.82, 2.24) is 9.55 Å². The normalized spacial score (nSPS) is 12.5. The van der Waals surface area contributed by atoms with Crippen molar-refractivity contribution in [2.24, 2.45) is 0 Å². The van der Waals surface area contributed by atoms with Crippen LogP contribution in [-0.2, 0) is 10.0 Å². The molecule has 0 saturated heterocycles. The van der Waals surface area contributed by atoms with E-state index in [1.165, 1.54) is 23.9 Å². The largest absolute Gasteiger partial charge is 0.295 e. The molecule has 1 aromatic heterocycles. The summed E-state index contributed by atoms with van der Waals surface area (Å²) in [6.07, 6.45) is 4.36. The highest BCUT2D eigenvalue weighted by Crippen LogP contribution is 2.27. The van der Waals surface area contributed by atoms with Crippen molar-refractivity contribution >= 4 is 33.3 Å². The molecular weight excluding hydrogens is 401 g/mol. The standard InChI is InChI=1S/C19H18FN3O3S2/c1-13(18(24)14-6-8-16(9-7-14)22-28(2,25)26)27-19-21-10-11-23(19)17-5-3-4-15(20)12-17/h3-13,22H,1-2H3. The number of sulfonamides is 1. The summed E-state index contributed by atoms with van der Waals surface area (Å²) < 4.78 is 40.1. The van der Waals surface area contributed by atoms with Crippen molar-refractivity contribution < 1.29 is 17.6 Å². The van der Waals surface area contributed by atoms with Gasteiger partial charge in [0.1, 0.15) is 5.82 Å². The third-order valence-electron chi connectivity index (χ3n) is 3.82. The Balaban J connectivity index is 1.74. The number of carbonyl (C=O) groups is 1.